The summed E-state index contributed by atoms with van der Waals surface area (Å²) in [6, 6.07) is 0. The lowest BCUT2D eigenvalue weighted by molar-refractivity contribution is -0.134. The van der Waals surface area contributed by atoms with Crippen molar-refractivity contribution in [1.29, 1.82) is 0 Å². The van der Waals surface area contributed by atoms with Crippen LogP contribution in [0.25, 0.3) is 0 Å². The first-order valence-corrected chi connectivity index (χ1v) is 5.36. The maximum absolute atomic E-state index is 11.6. The van der Waals surface area contributed by atoms with Gasteiger partial charge in [-0.1, -0.05) is 13.3 Å². The number of nitrogens with zero attached hydrogens (tertiary/aromatic N) is 1. The van der Waals surface area contributed by atoms with Crippen molar-refractivity contribution in [3.05, 3.63) is 0 Å². The Bertz CT molecular complexity index is 169. The van der Waals surface area contributed by atoms with Gasteiger partial charge < -0.3 is 4.90 Å². The molecular weight excluding hydrogens is 162 g/mol. The first-order chi connectivity index (χ1) is 6.15. The molecule has 0 N–H and O–H groups in total. The highest BCUT2D eigenvalue weighted by atomic mass is 16.2. The van der Waals surface area contributed by atoms with Crippen molar-refractivity contribution in [2.75, 3.05) is 14.1 Å². The summed E-state index contributed by atoms with van der Waals surface area (Å²) in [5, 5.41) is 0. The Morgan fingerprint density at radius 2 is 1.77 bits per heavy atom. The van der Waals surface area contributed by atoms with Gasteiger partial charge in [0.2, 0.25) is 5.91 Å². The van der Waals surface area contributed by atoms with E-state index in [1.807, 2.05) is 14.1 Å². The van der Waals surface area contributed by atoms with Gasteiger partial charge in [-0.2, -0.15) is 0 Å². The van der Waals surface area contributed by atoms with Gasteiger partial charge in [-0.05, 0) is 31.6 Å². The average molecular weight is 183 g/mol. The van der Waals surface area contributed by atoms with Crippen LogP contribution in [0, 0.1) is 11.8 Å². The number of hydrogen-bond acceptors (Lipinski definition) is 1. The summed E-state index contributed by atoms with van der Waals surface area (Å²) >= 11 is 0. The molecule has 0 atom stereocenters. The van der Waals surface area contributed by atoms with Crippen LogP contribution < -0.4 is 0 Å². The first-order valence-electron chi connectivity index (χ1n) is 5.36. The molecule has 2 heteroatoms. The summed E-state index contributed by atoms with van der Waals surface area (Å²) in [6.07, 6.45) is 6.00. The van der Waals surface area contributed by atoms with Gasteiger partial charge in [0.25, 0.3) is 0 Å². The van der Waals surface area contributed by atoms with Gasteiger partial charge in [0.15, 0.2) is 0 Å². The molecule has 0 heterocycles. The van der Waals surface area contributed by atoms with Crippen LogP contribution >= 0.6 is 0 Å². The predicted octanol–water partition coefficient (Wildman–Crippen LogP) is 2.29. The van der Waals surface area contributed by atoms with E-state index in [0.29, 0.717) is 11.8 Å². The van der Waals surface area contributed by atoms with Crippen molar-refractivity contribution in [3.63, 3.8) is 0 Å². The first kappa shape index (κ1) is 10.6. The third-order valence-corrected chi connectivity index (χ3v) is 3.21. The molecule has 1 aliphatic rings. The topological polar surface area (TPSA) is 20.3 Å². The van der Waals surface area contributed by atoms with Crippen LogP contribution in [0.2, 0.25) is 0 Å². The molecule has 1 fully saturated rings. The van der Waals surface area contributed by atoms with Crippen molar-refractivity contribution in [2.24, 2.45) is 11.8 Å². The molecule has 0 spiro atoms. The van der Waals surface area contributed by atoms with E-state index in [4.69, 9.17) is 0 Å². The highest BCUT2D eigenvalue weighted by molar-refractivity contribution is 5.78. The molecule has 1 rings (SSSR count). The number of hydrogen-bond donors (Lipinski definition) is 0. The average Bonchev–Trinajstić information content (AvgIpc) is 2.17. The van der Waals surface area contributed by atoms with Crippen LogP contribution in [0.3, 0.4) is 0 Å². The molecule has 0 radical (unpaired) electrons. The minimum absolute atomic E-state index is 0.317. The molecule has 1 amide bonds. The highest BCUT2D eigenvalue weighted by Crippen LogP contribution is 2.31. The van der Waals surface area contributed by atoms with Crippen LogP contribution in [0.1, 0.15) is 39.0 Å². The molecule has 0 aromatic rings. The second-order valence-electron chi connectivity index (χ2n) is 4.36. The molecule has 0 unspecified atom stereocenters. The van der Waals surface area contributed by atoms with Crippen molar-refractivity contribution in [1.82, 2.24) is 4.90 Å². The number of carbonyl (C=O) groups excluding carboxylic acids is 1. The molecule has 0 aliphatic heterocycles. The van der Waals surface area contributed by atoms with E-state index < -0.39 is 0 Å². The lowest BCUT2D eigenvalue weighted by atomic mass is 9.80. The van der Waals surface area contributed by atoms with E-state index in [9.17, 15) is 4.79 Å². The van der Waals surface area contributed by atoms with Gasteiger partial charge >= 0.3 is 0 Å². The maximum Gasteiger partial charge on any atom is 0.225 e. The van der Waals surface area contributed by atoms with Gasteiger partial charge in [0.05, 0.1) is 0 Å². The summed E-state index contributed by atoms with van der Waals surface area (Å²) in [5.41, 5.74) is 0. The van der Waals surface area contributed by atoms with Crippen molar-refractivity contribution < 1.29 is 4.79 Å². The van der Waals surface area contributed by atoms with E-state index in [2.05, 4.69) is 6.92 Å². The maximum atomic E-state index is 11.6. The van der Waals surface area contributed by atoms with Gasteiger partial charge in [0.1, 0.15) is 0 Å². The summed E-state index contributed by atoms with van der Waals surface area (Å²) in [5.74, 6) is 1.53. The minimum Gasteiger partial charge on any atom is -0.349 e. The second kappa shape index (κ2) is 4.64. The summed E-state index contributed by atoms with van der Waals surface area (Å²) in [6.45, 7) is 2.25. The minimum atomic E-state index is 0.317. The van der Waals surface area contributed by atoms with Gasteiger partial charge in [-0.25, -0.2) is 0 Å². The fourth-order valence-electron chi connectivity index (χ4n) is 2.18. The second-order valence-corrected chi connectivity index (χ2v) is 4.36. The molecule has 76 valence electrons. The number of carbonyl (C=O) groups is 1. The van der Waals surface area contributed by atoms with Gasteiger partial charge in [0, 0.05) is 20.0 Å². The summed E-state index contributed by atoms with van der Waals surface area (Å²) < 4.78 is 0. The van der Waals surface area contributed by atoms with Crippen molar-refractivity contribution in [2.45, 2.75) is 39.0 Å². The normalized spacial score (nSPS) is 28.5. The molecule has 2 nitrogen and oxygen atoms in total. The molecule has 13 heavy (non-hydrogen) atoms. The number of rotatable bonds is 2. The Hall–Kier alpha value is -0.530. The zero-order valence-electron chi connectivity index (χ0n) is 9.05. The lowest BCUT2D eigenvalue weighted by Gasteiger charge is -2.28. The Morgan fingerprint density at radius 3 is 2.15 bits per heavy atom. The van der Waals surface area contributed by atoms with E-state index in [-0.39, 0.29) is 0 Å². The van der Waals surface area contributed by atoms with Crippen molar-refractivity contribution >= 4 is 5.91 Å². The van der Waals surface area contributed by atoms with Gasteiger partial charge in [-0.15, -0.1) is 0 Å². The zero-order chi connectivity index (χ0) is 9.84. The molecule has 0 bridgehead atoms. The summed E-state index contributed by atoms with van der Waals surface area (Å²) in [4.78, 5) is 13.4. The van der Waals surface area contributed by atoms with Crippen LogP contribution in [0.15, 0.2) is 0 Å². The Kier molecular flexibility index (Phi) is 3.76. The van der Waals surface area contributed by atoms with Crippen LogP contribution in [-0.4, -0.2) is 24.9 Å². The Morgan fingerprint density at radius 1 is 1.23 bits per heavy atom. The fraction of sp³-hybridized carbons (Fsp3) is 0.909. The van der Waals surface area contributed by atoms with Crippen LogP contribution in [0.4, 0.5) is 0 Å². The molecule has 0 saturated heterocycles. The standard InChI is InChI=1S/C11H21NO/c1-4-9-5-7-10(8-6-9)11(13)12(2)3/h9-10H,4-8H2,1-3H3/t9-,10-. The molecule has 0 aromatic heterocycles. The third-order valence-electron chi connectivity index (χ3n) is 3.21. The smallest absolute Gasteiger partial charge is 0.225 e. The third kappa shape index (κ3) is 2.71. The summed E-state index contributed by atoms with van der Waals surface area (Å²) in [7, 11) is 3.71. The number of amides is 1. The van der Waals surface area contributed by atoms with E-state index in [1.54, 1.807) is 4.90 Å². The van der Waals surface area contributed by atoms with Crippen LogP contribution in [-0.2, 0) is 4.79 Å². The Labute approximate surface area is 81.3 Å². The monoisotopic (exact) mass is 183 g/mol. The molecule has 1 aliphatic carbocycles. The van der Waals surface area contributed by atoms with E-state index in [0.717, 1.165) is 18.8 Å². The lowest BCUT2D eigenvalue weighted by Crippen LogP contribution is -2.32. The highest BCUT2D eigenvalue weighted by Gasteiger charge is 2.26. The quantitative estimate of drug-likeness (QED) is 0.643. The Balaban J connectivity index is 2.36. The van der Waals surface area contributed by atoms with E-state index in [1.165, 1.54) is 19.3 Å². The van der Waals surface area contributed by atoms with Crippen LogP contribution in [0.5, 0.6) is 0 Å². The fourth-order valence-corrected chi connectivity index (χ4v) is 2.18. The molecular formula is C11H21NO. The van der Waals surface area contributed by atoms with Gasteiger partial charge in [-0.3, -0.25) is 4.79 Å². The molecule has 1 saturated carbocycles. The predicted molar refractivity (Wildman–Crippen MR) is 54.4 cm³/mol. The SMILES string of the molecule is CC[C@H]1CC[C@H](C(=O)N(C)C)CC1. The zero-order valence-corrected chi connectivity index (χ0v) is 9.05. The van der Waals surface area contributed by atoms with Crippen molar-refractivity contribution in [3.8, 4) is 0 Å². The largest absolute Gasteiger partial charge is 0.349 e. The molecule has 0 aromatic carbocycles. The van der Waals surface area contributed by atoms with E-state index >= 15 is 0 Å².